The lowest BCUT2D eigenvalue weighted by molar-refractivity contribution is -0.149. The van der Waals surface area contributed by atoms with Gasteiger partial charge in [0.15, 0.2) is 0 Å². The van der Waals surface area contributed by atoms with E-state index in [4.69, 9.17) is 4.74 Å². The van der Waals surface area contributed by atoms with E-state index >= 15 is 0 Å². The smallest absolute Gasteiger partial charge is 0.306 e. The summed E-state index contributed by atoms with van der Waals surface area (Å²) in [5, 5.41) is 0. The number of allylic oxidation sites excluding steroid dienone is 6. The standard InChI is InChI=1S/C26H44O2/c1-21(2)12-9-13-22(3)14-10-15-23(4)16-11-17-24(5)28-26(27)20-25-18-7-6-8-19-25/h12,14,16,24-25H,6-11,13,15,17-20H2,1-5H3/b22-14+,23-16+. The molecule has 0 amide bonds. The first-order valence-corrected chi connectivity index (χ1v) is 11.5. The first-order chi connectivity index (χ1) is 13.4. The van der Waals surface area contributed by atoms with Crippen LogP contribution in [0, 0.1) is 5.92 Å². The SMILES string of the molecule is CC(C)=CCC/C(C)=C/CC/C(C)=C/CCC(C)OC(=O)CC1CCCCC1. The summed E-state index contributed by atoms with van der Waals surface area (Å²) in [5.41, 5.74) is 4.33. The van der Waals surface area contributed by atoms with Gasteiger partial charge >= 0.3 is 5.97 Å². The summed E-state index contributed by atoms with van der Waals surface area (Å²) in [7, 11) is 0. The van der Waals surface area contributed by atoms with Gasteiger partial charge < -0.3 is 4.74 Å². The van der Waals surface area contributed by atoms with Crippen molar-refractivity contribution >= 4 is 5.97 Å². The predicted molar refractivity (Wildman–Crippen MR) is 121 cm³/mol. The van der Waals surface area contributed by atoms with Crippen LogP contribution in [0.1, 0.15) is 112 Å². The molecule has 1 aliphatic rings. The Morgan fingerprint density at radius 2 is 1.46 bits per heavy atom. The van der Waals surface area contributed by atoms with Crippen LogP contribution in [0.3, 0.4) is 0 Å². The zero-order chi connectivity index (χ0) is 20.8. The van der Waals surface area contributed by atoms with E-state index in [2.05, 4.69) is 45.9 Å². The van der Waals surface area contributed by atoms with Crippen molar-refractivity contribution in [3.63, 3.8) is 0 Å². The molecule has 28 heavy (non-hydrogen) atoms. The molecule has 0 aromatic heterocycles. The fourth-order valence-corrected chi connectivity index (χ4v) is 3.86. The van der Waals surface area contributed by atoms with Crippen LogP contribution >= 0.6 is 0 Å². The molecular weight excluding hydrogens is 344 g/mol. The third kappa shape index (κ3) is 13.0. The van der Waals surface area contributed by atoms with Crippen molar-refractivity contribution in [1.82, 2.24) is 0 Å². The summed E-state index contributed by atoms with van der Waals surface area (Å²) < 4.78 is 5.62. The van der Waals surface area contributed by atoms with Gasteiger partial charge in [-0.25, -0.2) is 0 Å². The lowest BCUT2D eigenvalue weighted by Crippen LogP contribution is -2.19. The molecule has 0 N–H and O–H groups in total. The average molecular weight is 389 g/mol. The average Bonchev–Trinajstić information content (AvgIpc) is 2.62. The van der Waals surface area contributed by atoms with Gasteiger partial charge in [0.2, 0.25) is 0 Å². The topological polar surface area (TPSA) is 26.3 Å². The van der Waals surface area contributed by atoms with Crippen molar-refractivity contribution in [3.8, 4) is 0 Å². The van der Waals surface area contributed by atoms with Crippen LogP contribution in [0.4, 0.5) is 0 Å². The van der Waals surface area contributed by atoms with Gasteiger partial charge in [-0.15, -0.1) is 0 Å². The number of ether oxygens (including phenoxy) is 1. The number of carbonyl (C=O) groups is 1. The van der Waals surface area contributed by atoms with Crippen molar-refractivity contribution in [2.45, 2.75) is 118 Å². The Morgan fingerprint density at radius 3 is 2.07 bits per heavy atom. The minimum atomic E-state index is 0.00817. The van der Waals surface area contributed by atoms with Crippen LogP contribution < -0.4 is 0 Å². The van der Waals surface area contributed by atoms with Crippen molar-refractivity contribution in [1.29, 1.82) is 0 Å². The van der Waals surface area contributed by atoms with Crippen LogP contribution in [-0.2, 0) is 9.53 Å². The van der Waals surface area contributed by atoms with E-state index in [0.717, 1.165) is 38.5 Å². The predicted octanol–water partition coefficient (Wildman–Crippen LogP) is 8.09. The molecule has 0 radical (unpaired) electrons. The number of hydrogen-bond acceptors (Lipinski definition) is 2. The zero-order valence-corrected chi connectivity index (χ0v) is 19.2. The number of rotatable bonds is 12. The molecule has 0 aromatic carbocycles. The Bertz CT molecular complexity index is 529. The van der Waals surface area contributed by atoms with Crippen LogP contribution in [0.2, 0.25) is 0 Å². The first kappa shape index (κ1) is 24.7. The van der Waals surface area contributed by atoms with Crippen LogP contribution in [-0.4, -0.2) is 12.1 Å². The molecule has 0 bridgehead atoms. The van der Waals surface area contributed by atoms with Gasteiger partial charge in [0.1, 0.15) is 0 Å². The van der Waals surface area contributed by atoms with Gasteiger partial charge in [-0.2, -0.15) is 0 Å². The van der Waals surface area contributed by atoms with Gasteiger partial charge in [0, 0.05) is 6.42 Å². The Morgan fingerprint density at radius 1 is 0.893 bits per heavy atom. The molecule has 2 heteroatoms. The summed E-state index contributed by atoms with van der Waals surface area (Å²) in [5.74, 6) is 0.572. The molecule has 0 spiro atoms. The molecule has 1 atom stereocenters. The van der Waals surface area contributed by atoms with Gasteiger partial charge in [-0.3, -0.25) is 4.79 Å². The molecule has 1 rings (SSSR count). The quantitative estimate of drug-likeness (QED) is 0.249. The van der Waals surface area contributed by atoms with Crippen molar-refractivity contribution in [2.24, 2.45) is 5.92 Å². The summed E-state index contributed by atoms with van der Waals surface area (Å²) in [4.78, 5) is 12.1. The maximum Gasteiger partial charge on any atom is 0.306 e. The third-order valence-electron chi connectivity index (χ3n) is 5.70. The Balaban J connectivity index is 2.16. The summed E-state index contributed by atoms with van der Waals surface area (Å²) in [6, 6.07) is 0. The maximum absolute atomic E-state index is 12.1. The normalized spacial score (nSPS) is 17.3. The fraction of sp³-hybridized carbons (Fsp3) is 0.731. The molecule has 1 saturated carbocycles. The van der Waals surface area contributed by atoms with E-state index < -0.39 is 0 Å². The van der Waals surface area contributed by atoms with Crippen molar-refractivity contribution in [3.05, 3.63) is 34.9 Å². The molecule has 160 valence electrons. The monoisotopic (exact) mass is 388 g/mol. The molecule has 0 heterocycles. The largest absolute Gasteiger partial charge is 0.463 e. The Kier molecular flexibility index (Phi) is 12.9. The molecule has 0 saturated heterocycles. The number of hydrogen-bond donors (Lipinski definition) is 0. The molecular formula is C26H44O2. The lowest BCUT2D eigenvalue weighted by Gasteiger charge is -2.21. The minimum Gasteiger partial charge on any atom is -0.463 e. The summed E-state index contributed by atoms with van der Waals surface area (Å²) in [6.07, 6.45) is 20.4. The van der Waals surface area contributed by atoms with Crippen LogP contribution in [0.5, 0.6) is 0 Å². The van der Waals surface area contributed by atoms with Gasteiger partial charge in [-0.05, 0) is 91.9 Å². The van der Waals surface area contributed by atoms with E-state index in [0.29, 0.717) is 12.3 Å². The van der Waals surface area contributed by atoms with E-state index in [1.165, 1.54) is 48.8 Å². The first-order valence-electron chi connectivity index (χ1n) is 11.5. The molecule has 1 unspecified atom stereocenters. The highest BCUT2D eigenvalue weighted by atomic mass is 16.5. The molecule has 1 fully saturated rings. The molecule has 2 nitrogen and oxygen atoms in total. The van der Waals surface area contributed by atoms with Crippen molar-refractivity contribution < 1.29 is 9.53 Å². The third-order valence-corrected chi connectivity index (χ3v) is 5.70. The molecule has 0 aliphatic heterocycles. The van der Waals surface area contributed by atoms with E-state index in [9.17, 15) is 4.79 Å². The second kappa shape index (κ2) is 14.7. The number of carbonyl (C=O) groups excluding carboxylic acids is 1. The molecule has 1 aliphatic carbocycles. The van der Waals surface area contributed by atoms with E-state index in [1.54, 1.807) is 0 Å². The van der Waals surface area contributed by atoms with Gasteiger partial charge in [-0.1, -0.05) is 54.2 Å². The fourth-order valence-electron chi connectivity index (χ4n) is 3.86. The van der Waals surface area contributed by atoms with Crippen molar-refractivity contribution in [2.75, 3.05) is 0 Å². The summed E-state index contributed by atoms with van der Waals surface area (Å²) in [6.45, 7) is 10.8. The van der Waals surface area contributed by atoms with E-state index in [1.807, 2.05) is 6.92 Å². The van der Waals surface area contributed by atoms with Gasteiger partial charge in [0.25, 0.3) is 0 Å². The lowest BCUT2D eigenvalue weighted by atomic mass is 9.87. The van der Waals surface area contributed by atoms with E-state index in [-0.39, 0.29) is 12.1 Å². The maximum atomic E-state index is 12.1. The minimum absolute atomic E-state index is 0.00817. The zero-order valence-electron chi connectivity index (χ0n) is 19.2. The highest BCUT2D eigenvalue weighted by molar-refractivity contribution is 5.69. The van der Waals surface area contributed by atoms with Crippen LogP contribution in [0.25, 0.3) is 0 Å². The second-order valence-electron chi connectivity index (χ2n) is 9.05. The molecule has 0 aromatic rings. The Labute approximate surface area is 174 Å². The summed E-state index contributed by atoms with van der Waals surface area (Å²) >= 11 is 0. The highest BCUT2D eigenvalue weighted by Gasteiger charge is 2.19. The van der Waals surface area contributed by atoms with Crippen LogP contribution in [0.15, 0.2) is 34.9 Å². The number of esters is 1. The highest BCUT2D eigenvalue weighted by Crippen LogP contribution is 2.26. The van der Waals surface area contributed by atoms with Gasteiger partial charge in [0.05, 0.1) is 6.10 Å². The second-order valence-corrected chi connectivity index (χ2v) is 9.05. The Hall–Kier alpha value is -1.31.